The fourth-order valence-corrected chi connectivity index (χ4v) is 7.40. The number of aryl methyl sites for hydroxylation is 1. The highest BCUT2D eigenvalue weighted by atomic mass is 35.5. The van der Waals surface area contributed by atoms with E-state index in [1.54, 1.807) is 47.4 Å². The first-order valence-electron chi connectivity index (χ1n) is 13.3. The molecule has 4 heterocycles. The van der Waals surface area contributed by atoms with Crippen LogP contribution in [0.3, 0.4) is 0 Å². The summed E-state index contributed by atoms with van der Waals surface area (Å²) in [4.78, 5) is 51.6. The van der Waals surface area contributed by atoms with Gasteiger partial charge in [-0.25, -0.2) is 4.98 Å². The summed E-state index contributed by atoms with van der Waals surface area (Å²) in [7, 11) is 0. The van der Waals surface area contributed by atoms with E-state index in [9.17, 15) is 9.59 Å². The summed E-state index contributed by atoms with van der Waals surface area (Å²) in [5.74, 6) is -1.16. The Morgan fingerprint density at radius 3 is 2.52 bits per heavy atom. The molecule has 8 rings (SSSR count). The lowest BCUT2D eigenvalue weighted by Crippen LogP contribution is -2.53. The molecule has 1 atom stereocenters. The van der Waals surface area contributed by atoms with Gasteiger partial charge in [0, 0.05) is 10.6 Å². The van der Waals surface area contributed by atoms with Crippen molar-refractivity contribution >= 4 is 66.8 Å². The number of halogens is 1. The predicted molar refractivity (Wildman–Crippen MR) is 164 cm³/mol. The van der Waals surface area contributed by atoms with Gasteiger partial charge in [-0.1, -0.05) is 71.5 Å². The molecule has 2 aliphatic rings. The second kappa shape index (κ2) is 8.85. The van der Waals surface area contributed by atoms with E-state index in [4.69, 9.17) is 21.0 Å². The van der Waals surface area contributed by atoms with Crippen molar-refractivity contribution in [2.45, 2.75) is 19.0 Å². The third kappa shape index (κ3) is 3.27. The number of hydrogen-bond donors (Lipinski definition) is 0. The lowest BCUT2D eigenvalue weighted by Gasteiger charge is -2.32. The van der Waals surface area contributed by atoms with Gasteiger partial charge in [0.2, 0.25) is 5.76 Å². The van der Waals surface area contributed by atoms with E-state index in [0.29, 0.717) is 32.3 Å². The lowest BCUT2D eigenvalue weighted by atomic mass is 9.84. The van der Waals surface area contributed by atoms with Gasteiger partial charge in [-0.3, -0.25) is 19.3 Å². The van der Waals surface area contributed by atoms with E-state index in [2.05, 4.69) is 0 Å². The summed E-state index contributed by atoms with van der Waals surface area (Å²) < 4.78 is 7.03. The first kappa shape index (κ1) is 25.0. The van der Waals surface area contributed by atoms with Crippen LogP contribution in [0.5, 0.6) is 0 Å². The van der Waals surface area contributed by atoms with Crippen molar-refractivity contribution in [1.82, 2.24) is 4.98 Å². The Labute approximate surface area is 248 Å². The van der Waals surface area contributed by atoms with Crippen LogP contribution >= 0.6 is 22.9 Å². The highest BCUT2D eigenvalue weighted by Crippen LogP contribution is 2.55. The number of carbonyl (C=O) groups excluding carboxylic acids is 2. The summed E-state index contributed by atoms with van der Waals surface area (Å²) in [5, 5.41) is 1.19. The molecule has 6 aromatic rings. The molecule has 0 saturated heterocycles. The molecule has 204 valence electrons. The van der Waals surface area contributed by atoms with Crippen molar-refractivity contribution in [3.8, 4) is 0 Å². The number of carbonyl (C=O) groups is 2. The van der Waals surface area contributed by atoms with Crippen molar-refractivity contribution < 1.29 is 14.0 Å². The summed E-state index contributed by atoms with van der Waals surface area (Å²) in [5.41, 5.74) is 1.78. The SMILES string of the molecule is Cc1ccc2nc(N3C(=O)c4oc5ccccc5c(=O)c4C34C(=O)N(Cc3ccc(Cl)cc3)c3ccccc34)sc2c1. The van der Waals surface area contributed by atoms with Crippen LogP contribution in [0.25, 0.3) is 21.2 Å². The van der Waals surface area contributed by atoms with Gasteiger partial charge in [0.15, 0.2) is 16.1 Å². The molecule has 1 spiro atoms. The zero-order valence-corrected chi connectivity index (χ0v) is 23.7. The summed E-state index contributed by atoms with van der Waals surface area (Å²) in [6, 6.07) is 27.1. The number of amides is 2. The minimum atomic E-state index is -1.80. The maximum Gasteiger partial charge on any atom is 0.297 e. The second-order valence-corrected chi connectivity index (χ2v) is 11.9. The molecule has 0 aliphatic carbocycles. The van der Waals surface area contributed by atoms with Crippen LogP contribution in [-0.2, 0) is 16.9 Å². The lowest BCUT2D eigenvalue weighted by molar-refractivity contribution is -0.121. The van der Waals surface area contributed by atoms with Crippen LogP contribution in [0.4, 0.5) is 10.8 Å². The van der Waals surface area contributed by atoms with Crippen LogP contribution < -0.4 is 15.2 Å². The molecular weight excluding hydrogens is 570 g/mol. The predicted octanol–water partition coefficient (Wildman–Crippen LogP) is 6.82. The topological polar surface area (TPSA) is 83.7 Å². The van der Waals surface area contributed by atoms with Crippen molar-refractivity contribution in [3.05, 3.63) is 134 Å². The monoisotopic (exact) mass is 589 g/mol. The average molecular weight is 590 g/mol. The van der Waals surface area contributed by atoms with Crippen LogP contribution in [-0.4, -0.2) is 16.8 Å². The Hall–Kier alpha value is -4.79. The van der Waals surface area contributed by atoms with Crippen molar-refractivity contribution in [2.24, 2.45) is 0 Å². The standard InChI is InChI=1S/C33H20ClN3O4S/c1-18-10-15-23-26(16-18)42-32(35-23)37-30(39)29-27(28(38)21-6-2-5-9-25(21)41-29)33(37)22-7-3-4-8-24(22)36(31(33)40)17-19-11-13-20(34)14-12-19/h2-16H,17H2,1H3. The van der Waals surface area contributed by atoms with Gasteiger partial charge in [0.05, 0.1) is 33.4 Å². The van der Waals surface area contributed by atoms with Crippen LogP contribution in [0, 0.1) is 6.92 Å². The molecular formula is C33H20ClN3O4S. The molecule has 4 aromatic carbocycles. The molecule has 2 aliphatic heterocycles. The van der Waals surface area contributed by atoms with Gasteiger partial charge < -0.3 is 9.32 Å². The van der Waals surface area contributed by atoms with E-state index in [-0.39, 0.29) is 23.5 Å². The Morgan fingerprint density at radius 2 is 1.69 bits per heavy atom. The van der Waals surface area contributed by atoms with Crippen LogP contribution in [0.15, 0.2) is 100 Å². The van der Waals surface area contributed by atoms with Gasteiger partial charge in [0.25, 0.3) is 11.8 Å². The quantitative estimate of drug-likeness (QED) is 0.226. The van der Waals surface area contributed by atoms with E-state index < -0.39 is 22.8 Å². The molecule has 0 radical (unpaired) electrons. The molecule has 0 N–H and O–H groups in total. The molecule has 2 amide bonds. The van der Waals surface area contributed by atoms with E-state index in [1.807, 2.05) is 55.5 Å². The second-order valence-electron chi connectivity index (χ2n) is 10.5. The summed E-state index contributed by atoms with van der Waals surface area (Å²) in [6.45, 7) is 2.20. The van der Waals surface area contributed by atoms with Gasteiger partial charge in [-0.05, 0) is 60.5 Å². The molecule has 2 aromatic heterocycles. The number of benzene rings is 4. The Bertz CT molecular complexity index is 2190. The summed E-state index contributed by atoms with van der Waals surface area (Å²) in [6.07, 6.45) is 0. The molecule has 1 unspecified atom stereocenters. The zero-order valence-electron chi connectivity index (χ0n) is 22.1. The van der Waals surface area contributed by atoms with Crippen molar-refractivity contribution in [1.29, 1.82) is 0 Å². The largest absolute Gasteiger partial charge is 0.450 e. The molecule has 7 nitrogen and oxygen atoms in total. The maximum absolute atomic E-state index is 15.0. The van der Waals surface area contributed by atoms with Crippen LogP contribution in [0.1, 0.15) is 32.8 Å². The minimum Gasteiger partial charge on any atom is -0.450 e. The number of nitrogens with zero attached hydrogens (tertiary/aromatic N) is 3. The van der Waals surface area contributed by atoms with E-state index >= 15 is 4.79 Å². The third-order valence-electron chi connectivity index (χ3n) is 8.01. The number of anilines is 2. The van der Waals surface area contributed by atoms with Gasteiger partial charge in [-0.2, -0.15) is 0 Å². The zero-order chi connectivity index (χ0) is 28.7. The highest BCUT2D eigenvalue weighted by Gasteiger charge is 2.66. The fourth-order valence-electron chi connectivity index (χ4n) is 6.15. The number of aromatic nitrogens is 1. The van der Waals surface area contributed by atoms with E-state index in [0.717, 1.165) is 15.8 Å². The first-order valence-corrected chi connectivity index (χ1v) is 14.5. The summed E-state index contributed by atoms with van der Waals surface area (Å²) >= 11 is 7.43. The fraction of sp³-hybridized carbons (Fsp3) is 0.0909. The van der Waals surface area contributed by atoms with E-state index in [1.165, 1.54) is 16.2 Å². The van der Waals surface area contributed by atoms with Crippen molar-refractivity contribution in [3.63, 3.8) is 0 Å². The highest BCUT2D eigenvalue weighted by molar-refractivity contribution is 7.22. The Morgan fingerprint density at radius 1 is 0.929 bits per heavy atom. The average Bonchev–Trinajstić information content (AvgIpc) is 3.60. The smallest absolute Gasteiger partial charge is 0.297 e. The Kier molecular flexibility index (Phi) is 5.26. The molecule has 9 heteroatoms. The number of hydrogen-bond acceptors (Lipinski definition) is 6. The molecule has 42 heavy (non-hydrogen) atoms. The molecule has 0 bridgehead atoms. The van der Waals surface area contributed by atoms with Gasteiger partial charge in [0.1, 0.15) is 5.58 Å². The Balaban J connectivity index is 1.44. The first-order chi connectivity index (χ1) is 20.4. The number of rotatable bonds is 3. The third-order valence-corrected chi connectivity index (χ3v) is 9.26. The van der Waals surface area contributed by atoms with Crippen LogP contribution in [0.2, 0.25) is 5.02 Å². The van der Waals surface area contributed by atoms with Gasteiger partial charge >= 0.3 is 0 Å². The van der Waals surface area contributed by atoms with Crippen molar-refractivity contribution in [2.75, 3.05) is 9.80 Å². The number of thiazole rings is 1. The molecule has 0 saturated carbocycles. The maximum atomic E-state index is 15.0. The molecule has 0 fully saturated rings. The van der Waals surface area contributed by atoms with Gasteiger partial charge in [-0.15, -0.1) is 0 Å². The minimum absolute atomic E-state index is 0.0118. The number of para-hydroxylation sites is 2. The number of fused-ring (bicyclic) bond motifs is 6. The normalized spacial score (nSPS) is 17.6.